The molecule has 7 heteroatoms. The van der Waals surface area contributed by atoms with Crippen LogP contribution in [0.5, 0.6) is 5.75 Å². The van der Waals surface area contributed by atoms with Crippen LogP contribution in [0.3, 0.4) is 0 Å². The van der Waals surface area contributed by atoms with Gasteiger partial charge < -0.3 is 15.0 Å². The van der Waals surface area contributed by atoms with Gasteiger partial charge in [0, 0.05) is 19.6 Å². The number of hydrogen-bond donors (Lipinski definition) is 1. The van der Waals surface area contributed by atoms with Crippen molar-refractivity contribution in [3.05, 3.63) is 29.8 Å². The molecule has 1 aromatic rings. The molecule has 2 amide bonds. The summed E-state index contributed by atoms with van der Waals surface area (Å²) in [4.78, 5) is 13.6. The molecule has 0 bridgehead atoms. The van der Waals surface area contributed by atoms with Crippen molar-refractivity contribution in [2.75, 3.05) is 32.2 Å². The van der Waals surface area contributed by atoms with Crippen LogP contribution >= 0.6 is 0 Å². The zero-order valence-electron chi connectivity index (χ0n) is 12.9. The second-order valence-corrected chi connectivity index (χ2v) is 7.69. The molecule has 0 aromatic heterocycles. The third-order valence-electron chi connectivity index (χ3n) is 3.94. The van der Waals surface area contributed by atoms with E-state index < -0.39 is 9.84 Å². The normalized spacial score (nSPS) is 19.6. The van der Waals surface area contributed by atoms with Crippen LogP contribution in [-0.4, -0.2) is 57.6 Å². The van der Waals surface area contributed by atoms with E-state index in [1.165, 1.54) is 4.90 Å². The predicted octanol–water partition coefficient (Wildman–Crippen LogP) is 1.07. The Morgan fingerprint density at radius 3 is 2.77 bits per heavy atom. The van der Waals surface area contributed by atoms with Crippen LogP contribution in [0.4, 0.5) is 4.79 Å². The van der Waals surface area contributed by atoms with Gasteiger partial charge in [-0.05, 0) is 24.5 Å². The lowest BCUT2D eigenvalue weighted by Crippen LogP contribution is -2.44. The number of ether oxygens (including phenoxy) is 1. The maximum Gasteiger partial charge on any atom is 0.317 e. The first-order valence-electron chi connectivity index (χ1n) is 7.26. The van der Waals surface area contributed by atoms with Crippen LogP contribution in [-0.2, 0) is 16.3 Å². The van der Waals surface area contributed by atoms with Gasteiger partial charge in [-0.3, -0.25) is 0 Å². The van der Waals surface area contributed by atoms with Gasteiger partial charge in [0.05, 0.1) is 18.6 Å². The van der Waals surface area contributed by atoms with E-state index >= 15 is 0 Å². The zero-order chi connectivity index (χ0) is 16.2. The molecule has 0 unspecified atom stereocenters. The Morgan fingerprint density at radius 1 is 1.41 bits per heavy atom. The SMILES string of the molecule is COc1ccccc1CCNC(=O)N(C)[C@H]1CCS(=O)(=O)C1. The number of nitrogens with one attached hydrogen (secondary N) is 1. The summed E-state index contributed by atoms with van der Waals surface area (Å²) in [5.41, 5.74) is 1.02. The van der Waals surface area contributed by atoms with Gasteiger partial charge in [-0.25, -0.2) is 13.2 Å². The molecule has 1 aliphatic heterocycles. The summed E-state index contributed by atoms with van der Waals surface area (Å²) < 4.78 is 28.2. The monoisotopic (exact) mass is 326 g/mol. The van der Waals surface area contributed by atoms with Gasteiger partial charge >= 0.3 is 6.03 Å². The predicted molar refractivity (Wildman–Crippen MR) is 84.9 cm³/mol. The number of hydrogen-bond acceptors (Lipinski definition) is 4. The Labute approximate surface area is 131 Å². The molecule has 0 saturated carbocycles. The van der Waals surface area contributed by atoms with E-state index in [1.54, 1.807) is 14.2 Å². The highest BCUT2D eigenvalue weighted by atomic mass is 32.2. The van der Waals surface area contributed by atoms with Crippen LogP contribution in [0, 0.1) is 0 Å². The first-order valence-corrected chi connectivity index (χ1v) is 9.08. The Bertz CT molecular complexity index is 630. The van der Waals surface area contributed by atoms with Gasteiger partial charge in [0.15, 0.2) is 9.84 Å². The molecule has 0 spiro atoms. The quantitative estimate of drug-likeness (QED) is 0.878. The first-order chi connectivity index (χ1) is 10.4. The van der Waals surface area contributed by atoms with E-state index in [0.717, 1.165) is 11.3 Å². The molecular formula is C15H22N2O4S. The summed E-state index contributed by atoms with van der Waals surface area (Å²) in [6.07, 6.45) is 1.17. The molecule has 1 atom stereocenters. The second-order valence-electron chi connectivity index (χ2n) is 5.46. The van der Waals surface area contributed by atoms with Gasteiger partial charge in [0.25, 0.3) is 0 Å². The number of methoxy groups -OCH3 is 1. The van der Waals surface area contributed by atoms with Crippen molar-refractivity contribution in [3.63, 3.8) is 0 Å². The summed E-state index contributed by atoms with van der Waals surface area (Å²) >= 11 is 0. The van der Waals surface area contributed by atoms with Crippen molar-refractivity contribution in [1.29, 1.82) is 0 Å². The van der Waals surface area contributed by atoms with Crippen molar-refractivity contribution in [2.45, 2.75) is 18.9 Å². The van der Waals surface area contributed by atoms with Crippen molar-refractivity contribution < 1.29 is 17.9 Å². The molecule has 2 rings (SSSR count). The summed E-state index contributed by atoms with van der Waals surface area (Å²) in [5, 5.41) is 2.82. The average Bonchev–Trinajstić information content (AvgIpc) is 2.87. The van der Waals surface area contributed by atoms with Crippen molar-refractivity contribution >= 4 is 15.9 Å². The van der Waals surface area contributed by atoms with E-state index in [0.29, 0.717) is 19.4 Å². The fourth-order valence-electron chi connectivity index (χ4n) is 2.58. The molecule has 6 nitrogen and oxygen atoms in total. The van der Waals surface area contributed by atoms with Crippen LogP contribution in [0.15, 0.2) is 24.3 Å². The highest BCUT2D eigenvalue weighted by molar-refractivity contribution is 7.91. The lowest BCUT2D eigenvalue weighted by atomic mass is 10.1. The molecule has 22 heavy (non-hydrogen) atoms. The molecule has 1 aliphatic rings. The number of amides is 2. The number of para-hydroxylation sites is 1. The molecule has 1 aromatic carbocycles. The molecule has 0 aliphatic carbocycles. The highest BCUT2D eigenvalue weighted by Gasteiger charge is 2.32. The molecular weight excluding hydrogens is 304 g/mol. The number of sulfone groups is 1. The van der Waals surface area contributed by atoms with E-state index in [-0.39, 0.29) is 23.6 Å². The Kier molecular flexibility index (Phi) is 5.28. The third kappa shape index (κ3) is 4.13. The summed E-state index contributed by atoms with van der Waals surface area (Å²) in [6, 6.07) is 7.20. The van der Waals surface area contributed by atoms with Gasteiger partial charge in [-0.15, -0.1) is 0 Å². The van der Waals surface area contributed by atoms with E-state index in [1.807, 2.05) is 24.3 Å². The Hall–Kier alpha value is -1.76. The highest BCUT2D eigenvalue weighted by Crippen LogP contribution is 2.18. The molecule has 1 N–H and O–H groups in total. The molecule has 1 heterocycles. The molecule has 122 valence electrons. The second kappa shape index (κ2) is 7.00. The standard InChI is InChI=1S/C15H22N2O4S/c1-17(13-8-10-22(19,20)11-13)15(18)16-9-7-12-5-3-4-6-14(12)21-2/h3-6,13H,7-11H2,1-2H3,(H,16,18)/t13-/m0/s1. The van der Waals surface area contributed by atoms with Gasteiger partial charge in [0.1, 0.15) is 5.75 Å². The minimum Gasteiger partial charge on any atom is -0.496 e. The van der Waals surface area contributed by atoms with Crippen molar-refractivity contribution in [2.24, 2.45) is 0 Å². The number of carbonyl (C=O) groups is 1. The molecule has 1 saturated heterocycles. The summed E-state index contributed by atoms with van der Waals surface area (Å²) in [7, 11) is 0.275. The number of carbonyl (C=O) groups excluding carboxylic acids is 1. The number of rotatable bonds is 5. The summed E-state index contributed by atoms with van der Waals surface area (Å²) in [5.74, 6) is 1.02. The van der Waals surface area contributed by atoms with Crippen LogP contribution < -0.4 is 10.1 Å². The van der Waals surface area contributed by atoms with Crippen molar-refractivity contribution in [1.82, 2.24) is 10.2 Å². The number of benzene rings is 1. The molecule has 1 fully saturated rings. The number of nitrogens with zero attached hydrogens (tertiary/aromatic N) is 1. The maximum atomic E-state index is 12.1. The van der Waals surface area contributed by atoms with E-state index in [2.05, 4.69) is 5.32 Å². The maximum absolute atomic E-state index is 12.1. The van der Waals surface area contributed by atoms with Gasteiger partial charge in [-0.2, -0.15) is 0 Å². The lowest BCUT2D eigenvalue weighted by molar-refractivity contribution is 0.195. The smallest absolute Gasteiger partial charge is 0.317 e. The van der Waals surface area contributed by atoms with Crippen LogP contribution in [0.2, 0.25) is 0 Å². The van der Waals surface area contributed by atoms with Crippen LogP contribution in [0.1, 0.15) is 12.0 Å². The Balaban J connectivity index is 1.83. The Morgan fingerprint density at radius 2 is 2.14 bits per heavy atom. The van der Waals surface area contributed by atoms with E-state index in [4.69, 9.17) is 4.74 Å². The first kappa shape index (κ1) is 16.6. The topological polar surface area (TPSA) is 75.7 Å². The fraction of sp³-hybridized carbons (Fsp3) is 0.533. The van der Waals surface area contributed by atoms with Crippen LogP contribution in [0.25, 0.3) is 0 Å². The number of urea groups is 1. The van der Waals surface area contributed by atoms with E-state index in [9.17, 15) is 13.2 Å². The molecule has 0 radical (unpaired) electrons. The van der Waals surface area contributed by atoms with Crippen molar-refractivity contribution in [3.8, 4) is 5.75 Å². The minimum atomic E-state index is -2.98. The largest absolute Gasteiger partial charge is 0.496 e. The third-order valence-corrected chi connectivity index (χ3v) is 5.69. The van der Waals surface area contributed by atoms with Gasteiger partial charge in [0.2, 0.25) is 0 Å². The van der Waals surface area contributed by atoms with Gasteiger partial charge in [-0.1, -0.05) is 18.2 Å². The lowest BCUT2D eigenvalue weighted by Gasteiger charge is -2.23. The minimum absolute atomic E-state index is 0.0590. The fourth-order valence-corrected chi connectivity index (χ4v) is 4.36. The zero-order valence-corrected chi connectivity index (χ0v) is 13.7. The average molecular weight is 326 g/mol. The summed E-state index contributed by atoms with van der Waals surface area (Å²) in [6.45, 7) is 0.475.